The predicted octanol–water partition coefficient (Wildman–Crippen LogP) is 2.10. The zero-order valence-corrected chi connectivity index (χ0v) is 12.1. The molecule has 0 fully saturated rings. The van der Waals surface area contributed by atoms with Gasteiger partial charge in [0.05, 0.1) is 5.56 Å². The number of likely N-dealkylation sites (N-methyl/N-ethyl adjacent to an activating group) is 1. The molecule has 0 amide bonds. The maximum atomic E-state index is 12.6. The predicted molar refractivity (Wildman–Crippen MR) is 76.8 cm³/mol. The molecule has 0 aliphatic rings. The van der Waals surface area contributed by atoms with E-state index in [0.29, 0.717) is 18.7 Å². The van der Waals surface area contributed by atoms with Crippen LogP contribution in [0.15, 0.2) is 12.1 Å². The fourth-order valence-electron chi connectivity index (χ4n) is 1.47. The molecule has 4 nitrogen and oxygen atoms in total. The fraction of sp³-hybridized carbons (Fsp3) is 0.500. The number of rotatable bonds is 6. The number of thiocarbonyl (C=S) groups is 1. The Labute approximate surface area is 121 Å². The Bertz CT molecular complexity index is 476. The van der Waals surface area contributed by atoms with E-state index >= 15 is 0 Å². The van der Waals surface area contributed by atoms with Crippen molar-refractivity contribution in [3.8, 4) is 0 Å². The van der Waals surface area contributed by atoms with Gasteiger partial charge in [-0.1, -0.05) is 19.1 Å². The van der Waals surface area contributed by atoms with E-state index in [1.54, 1.807) is 0 Å². The molecule has 112 valence electrons. The van der Waals surface area contributed by atoms with E-state index in [-0.39, 0.29) is 10.8 Å². The van der Waals surface area contributed by atoms with Crippen LogP contribution in [0.1, 0.15) is 18.2 Å². The third-order valence-corrected chi connectivity index (χ3v) is 3.00. The summed E-state index contributed by atoms with van der Waals surface area (Å²) < 4.78 is 37.9. The topological polar surface area (TPSA) is 54.2 Å². The van der Waals surface area contributed by atoms with Crippen molar-refractivity contribution in [2.24, 2.45) is 5.73 Å². The molecule has 1 aromatic rings. The highest BCUT2D eigenvalue weighted by Gasteiger charge is 2.33. The van der Waals surface area contributed by atoms with Gasteiger partial charge in [-0.05, 0) is 25.7 Å². The van der Waals surface area contributed by atoms with Crippen LogP contribution >= 0.6 is 12.2 Å². The minimum absolute atomic E-state index is 0.0116. The maximum absolute atomic E-state index is 12.6. The number of halogens is 3. The Kier molecular flexibility index (Phi) is 5.70. The molecule has 1 aromatic heterocycles. The first kappa shape index (κ1) is 16.6. The van der Waals surface area contributed by atoms with Crippen molar-refractivity contribution in [3.63, 3.8) is 0 Å². The van der Waals surface area contributed by atoms with Gasteiger partial charge in [0.1, 0.15) is 16.5 Å². The van der Waals surface area contributed by atoms with E-state index < -0.39 is 11.9 Å². The van der Waals surface area contributed by atoms with Crippen LogP contribution in [0.4, 0.5) is 19.0 Å². The monoisotopic (exact) mass is 306 g/mol. The number of nitrogens with zero attached hydrogens (tertiary/aromatic N) is 2. The summed E-state index contributed by atoms with van der Waals surface area (Å²) in [5.74, 6) is 0.0665. The van der Waals surface area contributed by atoms with Gasteiger partial charge in [0.15, 0.2) is 0 Å². The van der Waals surface area contributed by atoms with Gasteiger partial charge in [-0.2, -0.15) is 13.2 Å². The quantitative estimate of drug-likeness (QED) is 0.788. The standard InChI is InChI=1S/C12H17F3N4S/c1-3-19(2)7-6-17-11-8(10(16)20)4-5-9(18-11)12(13,14)15/h4-5H,3,6-7H2,1-2H3,(H2,16,20)(H,17,18). The molecule has 20 heavy (non-hydrogen) atoms. The number of alkyl halides is 3. The van der Waals surface area contributed by atoms with Gasteiger partial charge in [0.25, 0.3) is 0 Å². The van der Waals surface area contributed by atoms with Crippen LogP contribution in [-0.4, -0.2) is 41.6 Å². The molecule has 0 aliphatic heterocycles. The van der Waals surface area contributed by atoms with Gasteiger partial charge in [-0.3, -0.25) is 0 Å². The molecule has 0 saturated carbocycles. The molecule has 0 spiro atoms. The average Bonchev–Trinajstić information content (AvgIpc) is 2.37. The number of pyridine rings is 1. The molecule has 0 aromatic carbocycles. The molecule has 8 heteroatoms. The first-order valence-corrected chi connectivity index (χ1v) is 6.47. The van der Waals surface area contributed by atoms with Gasteiger partial charge in [0, 0.05) is 13.1 Å². The highest BCUT2D eigenvalue weighted by Crippen LogP contribution is 2.29. The van der Waals surface area contributed by atoms with Crippen LogP contribution in [0.3, 0.4) is 0 Å². The third-order valence-electron chi connectivity index (χ3n) is 2.78. The molecule has 1 rings (SSSR count). The summed E-state index contributed by atoms with van der Waals surface area (Å²) in [6.45, 7) is 3.96. The second-order valence-electron chi connectivity index (χ2n) is 4.28. The molecule has 0 atom stereocenters. The highest BCUT2D eigenvalue weighted by atomic mass is 32.1. The number of anilines is 1. The average molecular weight is 306 g/mol. The smallest absolute Gasteiger partial charge is 0.389 e. The largest absolute Gasteiger partial charge is 0.433 e. The molecule has 3 N–H and O–H groups in total. The second kappa shape index (κ2) is 6.85. The van der Waals surface area contributed by atoms with Crippen molar-refractivity contribution in [1.82, 2.24) is 9.88 Å². The minimum atomic E-state index is -4.49. The maximum Gasteiger partial charge on any atom is 0.433 e. The highest BCUT2D eigenvalue weighted by molar-refractivity contribution is 7.80. The van der Waals surface area contributed by atoms with Crippen LogP contribution in [-0.2, 0) is 6.18 Å². The first-order valence-electron chi connectivity index (χ1n) is 6.06. The van der Waals surface area contributed by atoms with Gasteiger partial charge in [-0.25, -0.2) is 4.98 Å². The Hall–Kier alpha value is -1.41. The van der Waals surface area contributed by atoms with E-state index in [0.717, 1.165) is 12.6 Å². The fourth-order valence-corrected chi connectivity index (χ4v) is 1.64. The van der Waals surface area contributed by atoms with Crippen LogP contribution in [0, 0.1) is 0 Å². The van der Waals surface area contributed by atoms with E-state index in [1.807, 2.05) is 18.9 Å². The molecule has 0 unspecified atom stereocenters. The van der Waals surface area contributed by atoms with Crippen molar-refractivity contribution in [3.05, 3.63) is 23.4 Å². The Balaban J connectivity index is 2.92. The summed E-state index contributed by atoms with van der Waals surface area (Å²) in [6, 6.07) is 2.11. The van der Waals surface area contributed by atoms with E-state index in [2.05, 4.69) is 10.3 Å². The summed E-state index contributed by atoms with van der Waals surface area (Å²) in [4.78, 5) is 5.59. The summed E-state index contributed by atoms with van der Waals surface area (Å²) in [5.41, 5.74) is 4.83. The lowest BCUT2D eigenvalue weighted by Gasteiger charge is -2.16. The molecule has 0 bridgehead atoms. The van der Waals surface area contributed by atoms with E-state index in [4.69, 9.17) is 18.0 Å². The van der Waals surface area contributed by atoms with Gasteiger partial charge >= 0.3 is 6.18 Å². The number of hydrogen-bond acceptors (Lipinski definition) is 4. The van der Waals surface area contributed by atoms with Crippen molar-refractivity contribution < 1.29 is 13.2 Å². The summed E-state index contributed by atoms with van der Waals surface area (Å²) in [7, 11) is 1.91. The second-order valence-corrected chi connectivity index (χ2v) is 4.72. The lowest BCUT2D eigenvalue weighted by molar-refractivity contribution is -0.141. The Morgan fingerprint density at radius 2 is 2.10 bits per heavy atom. The van der Waals surface area contributed by atoms with Gasteiger partial charge in [0.2, 0.25) is 0 Å². The molecule has 0 saturated heterocycles. The first-order chi connectivity index (χ1) is 9.25. The molecule has 1 heterocycles. The zero-order chi connectivity index (χ0) is 15.3. The Morgan fingerprint density at radius 1 is 1.45 bits per heavy atom. The van der Waals surface area contributed by atoms with E-state index in [9.17, 15) is 13.2 Å². The van der Waals surface area contributed by atoms with Gasteiger partial charge in [-0.15, -0.1) is 0 Å². The van der Waals surface area contributed by atoms with Crippen molar-refractivity contribution in [2.45, 2.75) is 13.1 Å². The lowest BCUT2D eigenvalue weighted by atomic mass is 10.2. The zero-order valence-electron chi connectivity index (χ0n) is 11.3. The summed E-state index contributed by atoms with van der Waals surface area (Å²) in [6.07, 6.45) is -4.49. The van der Waals surface area contributed by atoms with Crippen LogP contribution < -0.4 is 11.1 Å². The van der Waals surface area contributed by atoms with Crippen molar-refractivity contribution >= 4 is 23.0 Å². The van der Waals surface area contributed by atoms with Crippen molar-refractivity contribution in [1.29, 1.82) is 0 Å². The normalized spacial score (nSPS) is 11.7. The van der Waals surface area contributed by atoms with Crippen LogP contribution in [0.5, 0.6) is 0 Å². The van der Waals surface area contributed by atoms with Crippen LogP contribution in [0.25, 0.3) is 0 Å². The number of aromatic nitrogens is 1. The number of hydrogen-bond donors (Lipinski definition) is 2. The number of nitrogens with two attached hydrogens (primary N) is 1. The molecular formula is C12H17F3N4S. The lowest BCUT2D eigenvalue weighted by Crippen LogP contribution is -2.26. The number of nitrogens with one attached hydrogen (secondary N) is 1. The van der Waals surface area contributed by atoms with Crippen LogP contribution in [0.2, 0.25) is 0 Å². The summed E-state index contributed by atoms with van der Waals surface area (Å²) in [5, 5.41) is 2.85. The summed E-state index contributed by atoms with van der Waals surface area (Å²) >= 11 is 4.82. The SMILES string of the molecule is CCN(C)CCNc1nc(C(F)(F)F)ccc1C(N)=S. The molecule has 0 aliphatic carbocycles. The minimum Gasteiger partial charge on any atom is -0.389 e. The van der Waals surface area contributed by atoms with Crippen molar-refractivity contribution in [2.75, 3.05) is 32.0 Å². The third kappa shape index (κ3) is 4.61. The van der Waals surface area contributed by atoms with Gasteiger partial charge < -0.3 is 16.0 Å². The Morgan fingerprint density at radius 3 is 2.60 bits per heavy atom. The molecule has 0 radical (unpaired) electrons. The molecular weight excluding hydrogens is 289 g/mol. The van der Waals surface area contributed by atoms with E-state index in [1.165, 1.54) is 6.07 Å².